The molecule has 6 heteroatoms. The van der Waals surface area contributed by atoms with E-state index >= 15 is 0 Å². The van der Waals surface area contributed by atoms with Crippen molar-refractivity contribution in [2.24, 2.45) is 12.0 Å². The number of nitrogens with zero attached hydrogens (tertiary/aromatic N) is 4. The van der Waals surface area contributed by atoms with Crippen LogP contribution in [0.25, 0.3) is 15.9 Å². The summed E-state index contributed by atoms with van der Waals surface area (Å²) in [6, 6.07) is 17.4. The minimum atomic E-state index is -0.243. The molecule has 1 amide bonds. The highest BCUT2D eigenvalue weighted by molar-refractivity contribution is 7.16. The Balaban J connectivity index is 1.68. The Hall–Kier alpha value is -2.99. The molecule has 2 aromatic carbocycles. The van der Waals surface area contributed by atoms with Crippen LogP contribution in [0.3, 0.4) is 0 Å². The minimum absolute atomic E-state index is 0.243. The number of amides is 1. The van der Waals surface area contributed by atoms with Crippen LogP contribution in [-0.2, 0) is 7.05 Å². The van der Waals surface area contributed by atoms with Crippen molar-refractivity contribution in [1.29, 1.82) is 0 Å². The van der Waals surface area contributed by atoms with Gasteiger partial charge in [0.25, 0.3) is 5.91 Å². The molecular formula is C20H18N4OS. The predicted molar refractivity (Wildman–Crippen MR) is 104 cm³/mol. The van der Waals surface area contributed by atoms with Crippen LogP contribution in [0.4, 0.5) is 0 Å². The molecule has 26 heavy (non-hydrogen) atoms. The number of rotatable bonds is 2. The average molecular weight is 362 g/mol. The molecule has 4 aromatic rings. The van der Waals surface area contributed by atoms with Gasteiger partial charge < -0.3 is 4.57 Å². The first-order chi connectivity index (χ1) is 12.5. The number of fused-ring (bicyclic) bond motifs is 1. The number of carbonyl (C=O) groups excluding carboxylic acids is 1. The summed E-state index contributed by atoms with van der Waals surface area (Å²) in [5.41, 5.74) is 4.59. The molecule has 0 spiro atoms. The summed E-state index contributed by atoms with van der Waals surface area (Å²) in [6.07, 6.45) is 0. The molecule has 0 atom stereocenters. The van der Waals surface area contributed by atoms with Crippen LogP contribution in [-0.4, -0.2) is 20.3 Å². The fourth-order valence-electron chi connectivity index (χ4n) is 2.98. The molecule has 0 saturated heterocycles. The zero-order valence-corrected chi connectivity index (χ0v) is 15.6. The van der Waals surface area contributed by atoms with E-state index in [0.717, 1.165) is 27.3 Å². The molecule has 0 N–H and O–H groups in total. The quantitative estimate of drug-likeness (QED) is 0.545. The van der Waals surface area contributed by atoms with Gasteiger partial charge in [-0.25, -0.2) is 4.68 Å². The van der Waals surface area contributed by atoms with Crippen molar-refractivity contribution in [3.05, 3.63) is 76.4 Å². The van der Waals surface area contributed by atoms with E-state index in [1.54, 1.807) is 12.1 Å². The molecular weight excluding hydrogens is 344 g/mol. The third-order valence-corrected chi connectivity index (χ3v) is 5.39. The molecule has 0 saturated carbocycles. The molecule has 0 aliphatic heterocycles. The summed E-state index contributed by atoms with van der Waals surface area (Å²) in [7, 11) is 1.93. The van der Waals surface area contributed by atoms with Gasteiger partial charge in [-0.3, -0.25) is 4.79 Å². The van der Waals surface area contributed by atoms with E-state index in [9.17, 15) is 4.79 Å². The number of hydrogen-bond acceptors (Lipinski definition) is 3. The molecule has 0 unspecified atom stereocenters. The smallest absolute Gasteiger partial charge is 0.279 e. The van der Waals surface area contributed by atoms with Crippen molar-refractivity contribution in [2.45, 2.75) is 13.8 Å². The monoisotopic (exact) mass is 362 g/mol. The average Bonchev–Trinajstić information content (AvgIpc) is 3.14. The summed E-state index contributed by atoms with van der Waals surface area (Å²) in [5.74, 6) is -0.243. The Bertz CT molecular complexity index is 1180. The number of carbonyl (C=O) groups is 1. The van der Waals surface area contributed by atoms with Crippen molar-refractivity contribution in [3.8, 4) is 5.69 Å². The molecule has 4 rings (SSSR count). The summed E-state index contributed by atoms with van der Waals surface area (Å²) < 4.78 is 4.93. The number of aromatic nitrogens is 3. The molecule has 0 radical (unpaired) electrons. The second-order valence-corrected chi connectivity index (χ2v) is 7.22. The first kappa shape index (κ1) is 16.5. The van der Waals surface area contributed by atoms with Gasteiger partial charge >= 0.3 is 0 Å². The normalized spacial score (nSPS) is 12.0. The van der Waals surface area contributed by atoms with E-state index in [2.05, 4.69) is 10.1 Å². The molecule has 5 nitrogen and oxygen atoms in total. The van der Waals surface area contributed by atoms with Crippen molar-refractivity contribution in [3.63, 3.8) is 0 Å². The largest absolute Gasteiger partial charge is 0.319 e. The Morgan fingerprint density at radius 3 is 2.46 bits per heavy atom. The summed E-state index contributed by atoms with van der Waals surface area (Å²) in [5, 5.41) is 4.47. The lowest BCUT2D eigenvalue weighted by molar-refractivity contribution is 0.0998. The lowest BCUT2D eigenvalue weighted by Crippen LogP contribution is -2.13. The van der Waals surface area contributed by atoms with E-state index in [-0.39, 0.29) is 5.91 Å². The van der Waals surface area contributed by atoms with Gasteiger partial charge in [0.1, 0.15) is 0 Å². The minimum Gasteiger partial charge on any atom is -0.319 e. The van der Waals surface area contributed by atoms with E-state index < -0.39 is 0 Å². The number of para-hydroxylation sites is 1. The predicted octanol–water partition coefficient (Wildman–Crippen LogP) is 3.78. The number of benzene rings is 2. The molecule has 130 valence electrons. The number of thiazole rings is 1. The van der Waals surface area contributed by atoms with E-state index in [0.29, 0.717) is 10.4 Å². The van der Waals surface area contributed by atoms with Gasteiger partial charge in [0, 0.05) is 18.3 Å². The van der Waals surface area contributed by atoms with E-state index in [4.69, 9.17) is 0 Å². The van der Waals surface area contributed by atoms with Crippen molar-refractivity contribution in [2.75, 3.05) is 0 Å². The Labute approximate surface area is 154 Å². The third kappa shape index (κ3) is 2.88. The number of aryl methyl sites for hydroxylation is 3. The van der Waals surface area contributed by atoms with Crippen molar-refractivity contribution in [1.82, 2.24) is 14.3 Å². The van der Waals surface area contributed by atoms with Crippen molar-refractivity contribution < 1.29 is 4.79 Å². The highest BCUT2D eigenvalue weighted by atomic mass is 32.1. The summed E-state index contributed by atoms with van der Waals surface area (Å²) in [6.45, 7) is 3.97. The van der Waals surface area contributed by atoms with E-state index in [1.165, 1.54) is 11.3 Å². The van der Waals surface area contributed by atoms with Gasteiger partial charge in [-0.15, -0.1) is 0 Å². The van der Waals surface area contributed by atoms with Crippen LogP contribution in [0, 0.1) is 13.8 Å². The molecule has 0 aliphatic carbocycles. The first-order valence-electron chi connectivity index (χ1n) is 8.30. The van der Waals surface area contributed by atoms with Gasteiger partial charge in [-0.1, -0.05) is 23.5 Å². The van der Waals surface area contributed by atoms with Crippen LogP contribution in [0.2, 0.25) is 0 Å². The summed E-state index contributed by atoms with van der Waals surface area (Å²) in [4.78, 5) is 17.6. The maximum Gasteiger partial charge on any atom is 0.279 e. The first-order valence-corrected chi connectivity index (χ1v) is 9.12. The SMILES string of the molecule is Cc1cc(C)n(-c2ccc(C(=O)N=c3sc4ccccc4n3C)cc2)n1. The van der Waals surface area contributed by atoms with Gasteiger partial charge in [0.2, 0.25) is 0 Å². The molecule has 2 heterocycles. The van der Waals surface area contributed by atoms with Crippen LogP contribution in [0.15, 0.2) is 59.6 Å². The molecule has 0 bridgehead atoms. The van der Waals surface area contributed by atoms with Crippen LogP contribution < -0.4 is 4.80 Å². The second kappa shape index (κ2) is 6.38. The van der Waals surface area contributed by atoms with Gasteiger partial charge in [0.15, 0.2) is 4.80 Å². The lowest BCUT2D eigenvalue weighted by Gasteiger charge is -2.04. The fourth-order valence-corrected chi connectivity index (χ4v) is 3.99. The van der Waals surface area contributed by atoms with Gasteiger partial charge in [-0.05, 0) is 56.3 Å². The zero-order valence-electron chi connectivity index (χ0n) is 14.8. The fraction of sp³-hybridized carbons (Fsp3) is 0.150. The van der Waals surface area contributed by atoms with Gasteiger partial charge in [-0.2, -0.15) is 10.1 Å². The highest BCUT2D eigenvalue weighted by Crippen LogP contribution is 2.16. The maximum absolute atomic E-state index is 12.6. The lowest BCUT2D eigenvalue weighted by atomic mass is 10.2. The van der Waals surface area contributed by atoms with Crippen LogP contribution in [0.1, 0.15) is 21.7 Å². The Kier molecular flexibility index (Phi) is 4.05. The number of hydrogen-bond donors (Lipinski definition) is 0. The Morgan fingerprint density at radius 1 is 1.08 bits per heavy atom. The van der Waals surface area contributed by atoms with Crippen LogP contribution in [0.5, 0.6) is 0 Å². The summed E-state index contributed by atoms with van der Waals surface area (Å²) >= 11 is 1.51. The van der Waals surface area contributed by atoms with Crippen LogP contribution >= 0.6 is 11.3 Å². The third-order valence-electron chi connectivity index (χ3n) is 4.28. The Morgan fingerprint density at radius 2 is 1.81 bits per heavy atom. The maximum atomic E-state index is 12.6. The van der Waals surface area contributed by atoms with Crippen molar-refractivity contribution >= 4 is 27.5 Å². The highest BCUT2D eigenvalue weighted by Gasteiger charge is 2.09. The molecule has 0 fully saturated rings. The molecule has 2 aromatic heterocycles. The topological polar surface area (TPSA) is 52.2 Å². The second-order valence-electron chi connectivity index (χ2n) is 6.21. The van der Waals surface area contributed by atoms with E-state index in [1.807, 2.05) is 72.6 Å². The van der Waals surface area contributed by atoms with Gasteiger partial charge in [0.05, 0.1) is 21.6 Å². The zero-order chi connectivity index (χ0) is 18.3. The standard InChI is InChI=1S/C20H18N4OS/c1-13-12-14(2)24(22-13)16-10-8-15(9-11-16)19(25)21-20-23(3)17-6-4-5-7-18(17)26-20/h4-12H,1-3H3. The molecule has 0 aliphatic rings.